The molecule has 1 heterocycles. The van der Waals surface area contributed by atoms with Crippen molar-refractivity contribution in [2.45, 2.75) is 17.8 Å². The van der Waals surface area contributed by atoms with Crippen molar-refractivity contribution in [3.8, 4) is 0 Å². The number of carbonyl (C=O) groups excluding carboxylic acids is 2. The maximum atomic E-state index is 13.2. The van der Waals surface area contributed by atoms with Gasteiger partial charge in [0.2, 0.25) is 6.10 Å². The Morgan fingerprint density at radius 2 is 1.82 bits per heavy atom. The van der Waals surface area contributed by atoms with Gasteiger partial charge in [-0.05, 0) is 35.9 Å². The first-order chi connectivity index (χ1) is 15.9. The second kappa shape index (κ2) is 10.1. The summed E-state index contributed by atoms with van der Waals surface area (Å²) in [5, 5.41) is 1.16. The van der Waals surface area contributed by atoms with Crippen molar-refractivity contribution in [3.63, 3.8) is 0 Å². The highest BCUT2D eigenvalue weighted by atomic mass is 35.5. The number of esters is 1. The molecule has 3 aromatic carbocycles. The zero-order valence-corrected chi connectivity index (χ0v) is 18.9. The summed E-state index contributed by atoms with van der Waals surface area (Å²) in [5.41, 5.74) is 8.34. The Hall–Kier alpha value is -3.36. The first kappa shape index (κ1) is 22.8. The Morgan fingerprint density at radius 1 is 1.09 bits per heavy atom. The van der Waals surface area contributed by atoms with Gasteiger partial charge in [-0.3, -0.25) is 9.59 Å². The van der Waals surface area contributed by atoms with E-state index in [1.807, 2.05) is 41.0 Å². The van der Waals surface area contributed by atoms with Crippen LogP contribution in [-0.4, -0.2) is 27.2 Å². The van der Waals surface area contributed by atoms with Crippen LogP contribution in [0.1, 0.15) is 17.2 Å². The summed E-state index contributed by atoms with van der Waals surface area (Å²) in [6.07, 6.45) is -1.30. The summed E-state index contributed by atoms with van der Waals surface area (Å²) >= 11 is 7.30. The predicted octanol–water partition coefficient (Wildman–Crippen LogP) is 4.74. The van der Waals surface area contributed by atoms with E-state index in [0.29, 0.717) is 27.8 Å². The molecule has 4 aromatic rings. The molecule has 0 fully saturated rings. The first-order valence-corrected chi connectivity index (χ1v) is 11.3. The Bertz CT molecular complexity index is 1300. The largest absolute Gasteiger partial charge is 0.447 e. The van der Waals surface area contributed by atoms with E-state index in [4.69, 9.17) is 22.1 Å². The van der Waals surface area contributed by atoms with E-state index >= 15 is 0 Å². The Labute approximate surface area is 198 Å². The van der Waals surface area contributed by atoms with Crippen molar-refractivity contribution in [1.29, 1.82) is 0 Å². The second-order valence-electron chi connectivity index (χ2n) is 7.21. The SMILES string of the molecule is NC(=O)C(OC(=O)CSc1nc2cc(Cl)ccc2n1Cc1ccccc1)c1ccc(F)cc1. The number of amides is 1. The van der Waals surface area contributed by atoms with Gasteiger partial charge in [0.05, 0.1) is 23.3 Å². The molecule has 1 amide bonds. The second-order valence-corrected chi connectivity index (χ2v) is 8.59. The van der Waals surface area contributed by atoms with Gasteiger partial charge in [-0.25, -0.2) is 9.37 Å². The van der Waals surface area contributed by atoms with E-state index in [0.717, 1.165) is 11.1 Å². The quantitative estimate of drug-likeness (QED) is 0.289. The van der Waals surface area contributed by atoms with Crippen LogP contribution in [-0.2, 0) is 20.9 Å². The molecule has 2 N–H and O–H groups in total. The highest BCUT2D eigenvalue weighted by molar-refractivity contribution is 7.99. The highest BCUT2D eigenvalue weighted by Gasteiger charge is 2.23. The fourth-order valence-corrected chi connectivity index (χ4v) is 4.29. The van der Waals surface area contributed by atoms with Gasteiger partial charge >= 0.3 is 5.97 Å². The number of carbonyl (C=O) groups is 2. The van der Waals surface area contributed by atoms with Gasteiger partial charge in [0.1, 0.15) is 5.82 Å². The third-order valence-electron chi connectivity index (χ3n) is 4.86. The summed E-state index contributed by atoms with van der Waals surface area (Å²) in [7, 11) is 0. The van der Waals surface area contributed by atoms with E-state index in [1.165, 1.54) is 36.0 Å². The Balaban J connectivity index is 1.53. The zero-order chi connectivity index (χ0) is 23.4. The number of benzene rings is 3. The van der Waals surface area contributed by atoms with Crippen molar-refractivity contribution < 1.29 is 18.7 Å². The first-order valence-electron chi connectivity index (χ1n) is 9.97. The molecular formula is C24H19ClFN3O3S. The van der Waals surface area contributed by atoms with E-state index < -0.39 is 23.8 Å². The summed E-state index contributed by atoms with van der Waals surface area (Å²) in [4.78, 5) is 29.0. The molecule has 0 saturated carbocycles. The van der Waals surface area contributed by atoms with Crippen LogP contribution in [0.5, 0.6) is 0 Å². The molecule has 168 valence electrons. The summed E-state index contributed by atoms with van der Waals surface area (Å²) < 4.78 is 20.5. The van der Waals surface area contributed by atoms with Crippen molar-refractivity contribution in [3.05, 3.63) is 94.8 Å². The van der Waals surface area contributed by atoms with Gasteiger partial charge in [-0.1, -0.05) is 65.8 Å². The standard InChI is InChI=1S/C24H19ClFN3O3S/c25-17-8-11-20-19(12-17)28-24(29(20)13-15-4-2-1-3-5-15)33-14-21(30)32-22(23(27)31)16-6-9-18(26)10-7-16/h1-12,22H,13-14H2,(H2,27,31). The lowest BCUT2D eigenvalue weighted by molar-refractivity contribution is -0.152. The molecule has 0 saturated heterocycles. The minimum absolute atomic E-state index is 0.100. The average molecular weight is 484 g/mol. The van der Waals surface area contributed by atoms with Crippen LogP contribution in [0.2, 0.25) is 5.02 Å². The van der Waals surface area contributed by atoms with E-state index in [1.54, 1.807) is 12.1 Å². The van der Waals surface area contributed by atoms with Crippen molar-refractivity contribution in [2.75, 3.05) is 5.75 Å². The van der Waals surface area contributed by atoms with E-state index in [2.05, 4.69) is 4.98 Å². The van der Waals surface area contributed by atoms with Gasteiger partial charge in [-0.15, -0.1) is 0 Å². The van der Waals surface area contributed by atoms with Crippen LogP contribution in [0.25, 0.3) is 11.0 Å². The van der Waals surface area contributed by atoms with Crippen LogP contribution in [0.15, 0.2) is 78.0 Å². The number of halogens is 2. The number of nitrogens with two attached hydrogens (primary N) is 1. The number of rotatable bonds is 8. The van der Waals surface area contributed by atoms with Crippen LogP contribution >= 0.6 is 23.4 Å². The summed E-state index contributed by atoms with van der Waals surface area (Å²) in [6, 6.07) is 20.3. The lowest BCUT2D eigenvalue weighted by Gasteiger charge is -2.15. The number of ether oxygens (including phenoxy) is 1. The minimum Gasteiger partial charge on any atom is -0.447 e. The fourth-order valence-electron chi connectivity index (χ4n) is 3.33. The van der Waals surface area contributed by atoms with Crippen LogP contribution in [0.3, 0.4) is 0 Å². The lowest BCUT2D eigenvalue weighted by Crippen LogP contribution is -2.27. The van der Waals surface area contributed by atoms with Crippen LogP contribution < -0.4 is 5.73 Å². The molecule has 1 unspecified atom stereocenters. The molecule has 33 heavy (non-hydrogen) atoms. The van der Waals surface area contributed by atoms with Crippen LogP contribution in [0.4, 0.5) is 4.39 Å². The lowest BCUT2D eigenvalue weighted by atomic mass is 10.1. The van der Waals surface area contributed by atoms with Gasteiger partial charge in [-0.2, -0.15) is 0 Å². The number of hydrogen-bond donors (Lipinski definition) is 1. The summed E-state index contributed by atoms with van der Waals surface area (Å²) in [5.74, 6) is -2.06. The number of nitrogens with zero attached hydrogens (tertiary/aromatic N) is 2. The molecule has 4 rings (SSSR count). The Morgan fingerprint density at radius 3 is 2.52 bits per heavy atom. The van der Waals surface area contributed by atoms with E-state index in [9.17, 15) is 14.0 Å². The summed E-state index contributed by atoms with van der Waals surface area (Å²) in [6.45, 7) is 0.551. The molecule has 0 radical (unpaired) electrons. The van der Waals surface area contributed by atoms with Crippen molar-refractivity contribution in [2.24, 2.45) is 5.73 Å². The number of thioether (sulfide) groups is 1. The molecule has 9 heteroatoms. The molecule has 6 nitrogen and oxygen atoms in total. The molecular weight excluding hydrogens is 465 g/mol. The predicted molar refractivity (Wildman–Crippen MR) is 125 cm³/mol. The smallest absolute Gasteiger partial charge is 0.317 e. The van der Waals surface area contributed by atoms with Gasteiger partial charge in [0, 0.05) is 10.6 Å². The molecule has 0 aliphatic rings. The number of imidazole rings is 1. The van der Waals surface area contributed by atoms with Crippen LogP contribution in [0, 0.1) is 5.82 Å². The molecule has 0 aliphatic carbocycles. The molecule has 0 aliphatic heterocycles. The molecule has 1 aromatic heterocycles. The zero-order valence-electron chi connectivity index (χ0n) is 17.3. The van der Waals surface area contributed by atoms with Crippen molar-refractivity contribution >= 4 is 46.3 Å². The van der Waals surface area contributed by atoms with Gasteiger partial charge in [0.15, 0.2) is 5.16 Å². The number of fused-ring (bicyclic) bond motifs is 1. The molecule has 0 bridgehead atoms. The normalized spacial score (nSPS) is 11.9. The van der Waals surface area contributed by atoms with Gasteiger partial charge in [0.25, 0.3) is 5.91 Å². The highest BCUT2D eigenvalue weighted by Crippen LogP contribution is 2.28. The Kier molecular flexibility index (Phi) is 6.96. The maximum Gasteiger partial charge on any atom is 0.317 e. The third kappa shape index (κ3) is 5.53. The van der Waals surface area contributed by atoms with E-state index in [-0.39, 0.29) is 5.75 Å². The number of primary amides is 1. The maximum absolute atomic E-state index is 13.2. The number of hydrogen-bond acceptors (Lipinski definition) is 5. The third-order valence-corrected chi connectivity index (χ3v) is 6.04. The average Bonchev–Trinajstić information content (AvgIpc) is 3.13. The number of aromatic nitrogens is 2. The fraction of sp³-hybridized carbons (Fsp3) is 0.125. The molecule has 0 spiro atoms. The topological polar surface area (TPSA) is 87.2 Å². The van der Waals surface area contributed by atoms with Gasteiger partial charge < -0.3 is 15.0 Å². The minimum atomic E-state index is -1.30. The monoisotopic (exact) mass is 483 g/mol. The molecule has 1 atom stereocenters. The van der Waals surface area contributed by atoms with Crippen molar-refractivity contribution in [1.82, 2.24) is 9.55 Å².